The second-order valence-corrected chi connectivity index (χ2v) is 60.8. The summed E-state index contributed by atoms with van der Waals surface area (Å²) in [4.78, 5) is 50.1. The van der Waals surface area contributed by atoms with Gasteiger partial charge < -0.3 is 15.3 Å². The Hall–Kier alpha value is -8.56. The van der Waals surface area contributed by atoms with E-state index < -0.39 is 24.2 Å². The minimum absolute atomic E-state index is 0. The number of fused-ring (bicyclic) bond motifs is 3. The van der Waals surface area contributed by atoms with E-state index in [1.54, 1.807) is 19.9 Å². The number of allylic oxidation sites excluding steroid dienone is 6. The molecular formula is C122H148Ir3N3O6Si3-3. The topological polar surface area (TPSA) is 151 Å². The van der Waals surface area contributed by atoms with Crippen molar-refractivity contribution in [3.05, 3.63) is 288 Å². The molecule has 20 rings (SSSR count). The van der Waals surface area contributed by atoms with Crippen LogP contribution in [0.15, 0.2) is 242 Å². The summed E-state index contributed by atoms with van der Waals surface area (Å²) in [6, 6.07) is 84.6. The average molecular weight is 2410 g/mol. The number of aromatic nitrogens is 3. The van der Waals surface area contributed by atoms with Crippen LogP contribution in [0, 0.1) is 97.1 Å². The predicted molar refractivity (Wildman–Crippen MR) is 574 cm³/mol. The number of carbonyl (C=O) groups excluding carboxylic acids is 3. The third-order valence-corrected chi connectivity index (χ3v) is 34.7. The van der Waals surface area contributed by atoms with Crippen molar-refractivity contribution in [2.24, 2.45) is 58.2 Å². The molecule has 0 spiro atoms. The van der Waals surface area contributed by atoms with Gasteiger partial charge in [-0.15, -0.1) is 105 Å². The van der Waals surface area contributed by atoms with Crippen molar-refractivity contribution < 1.29 is 90.0 Å². The first-order valence-corrected chi connectivity index (χ1v) is 60.1. The van der Waals surface area contributed by atoms with Crippen LogP contribution in [0.4, 0.5) is 0 Å². The molecule has 137 heavy (non-hydrogen) atoms. The number of hydrogen-bond acceptors (Lipinski definition) is 9. The number of hydrogen-bond donors (Lipinski definition) is 3. The number of ketones is 3. The maximum Gasteiger partial charge on any atom is 0.165 e. The molecule has 9 nitrogen and oxygen atoms in total. The number of aryl methyl sites for hydroxylation is 3. The van der Waals surface area contributed by atoms with Crippen molar-refractivity contribution in [2.75, 3.05) is 0 Å². The zero-order valence-electron chi connectivity index (χ0n) is 85.8. The molecule has 0 amide bonds. The summed E-state index contributed by atoms with van der Waals surface area (Å²) in [5.41, 5.74) is 23.4. The number of rotatable bonds is 18. The number of pyridine rings is 3. The molecule has 729 valence electrons. The zero-order valence-corrected chi connectivity index (χ0v) is 96.0. The predicted octanol–water partition coefficient (Wildman–Crippen LogP) is 30.8. The van der Waals surface area contributed by atoms with Crippen LogP contribution >= 0.6 is 0 Å². The molecule has 8 bridgehead atoms. The number of nitrogens with zero attached hydrogens (tertiary/aromatic N) is 3. The van der Waals surface area contributed by atoms with E-state index >= 15 is 0 Å². The summed E-state index contributed by atoms with van der Waals surface area (Å²) in [5.74, 6) is 5.95. The van der Waals surface area contributed by atoms with E-state index in [1.807, 2.05) is 33.8 Å². The molecule has 0 aliphatic heterocycles. The van der Waals surface area contributed by atoms with Crippen molar-refractivity contribution in [3.8, 4) is 67.2 Å². The third kappa shape index (κ3) is 27.2. The van der Waals surface area contributed by atoms with Gasteiger partial charge in [-0.05, 0) is 192 Å². The van der Waals surface area contributed by atoms with Gasteiger partial charge in [0.1, 0.15) is 5.76 Å². The van der Waals surface area contributed by atoms with Crippen LogP contribution in [-0.4, -0.2) is 71.8 Å². The quantitative estimate of drug-likeness (QED) is 0.0330. The second-order valence-electron chi connectivity index (χ2n) is 45.7. The van der Waals surface area contributed by atoms with E-state index in [1.165, 1.54) is 132 Å². The van der Waals surface area contributed by atoms with Gasteiger partial charge >= 0.3 is 0 Å². The maximum absolute atomic E-state index is 13.4. The molecular weight excluding hydrogens is 2260 g/mol. The summed E-state index contributed by atoms with van der Waals surface area (Å²) >= 11 is 0. The molecule has 3 aromatic heterocycles. The first-order valence-electron chi connectivity index (χ1n) is 49.6. The van der Waals surface area contributed by atoms with Crippen molar-refractivity contribution >= 4 is 89.8 Å². The smallest absolute Gasteiger partial charge is 0.165 e. The third-order valence-electron chi connectivity index (χ3n) is 28.6. The Morgan fingerprint density at radius 3 is 1.09 bits per heavy atom. The first-order chi connectivity index (χ1) is 63.2. The first kappa shape index (κ1) is 110. The summed E-state index contributed by atoms with van der Waals surface area (Å²) in [6.07, 6.45) is 20.4. The zero-order chi connectivity index (χ0) is 96.9. The number of carbonyl (C=O) groups is 3. The number of aliphatic hydroxyl groups is 3. The van der Waals surface area contributed by atoms with Crippen LogP contribution in [0.1, 0.15) is 201 Å². The molecule has 3 heterocycles. The molecule has 8 fully saturated rings. The monoisotopic (exact) mass is 2410 g/mol. The Morgan fingerprint density at radius 1 is 0.409 bits per heavy atom. The summed E-state index contributed by atoms with van der Waals surface area (Å²) in [5, 5.41) is 37.3. The van der Waals surface area contributed by atoms with E-state index in [9.17, 15) is 24.6 Å². The fourth-order valence-corrected chi connectivity index (χ4v) is 27.1. The van der Waals surface area contributed by atoms with Gasteiger partial charge in [0, 0.05) is 130 Å². The molecule has 15 heteroatoms. The van der Waals surface area contributed by atoms with Crippen molar-refractivity contribution in [2.45, 2.75) is 264 Å². The van der Waals surface area contributed by atoms with E-state index in [-0.39, 0.29) is 117 Å². The van der Waals surface area contributed by atoms with Crippen LogP contribution in [0.25, 0.3) is 99.9 Å². The Labute approximate surface area is 863 Å². The van der Waals surface area contributed by atoms with Gasteiger partial charge in [-0.3, -0.25) is 29.3 Å². The SMILES string of the molecule is CC(C)(C)c1cc[c-]c(-c2ccc3c(-c4ccccc4)c([Si](C)(C)C)ccc3n2)c1.CC(C)C(=O)C=C(O)C(C)C.CCC(=O)C=C(O)CC.Cc1[c-]c(-c2ccc3c(-c4ccccc4)c([Si](C)(C)C)ccc3n2)cc(C(C)(C)C)c1.Cc1[c-]c(-c2ccc3c(-c4ccccc4)c([Si](C)(C)C)ccc3n2)cc(C)c1.O=C(C=C(O)C12CC3CC(CC(C3)C1)C2)C12CC3CC(CC(C3)C1)C2.[Ir].[Ir].[Ir]. The fourth-order valence-electron chi connectivity index (χ4n) is 22.2. The van der Waals surface area contributed by atoms with Gasteiger partial charge in [0.2, 0.25) is 0 Å². The van der Waals surface area contributed by atoms with E-state index in [0.717, 1.165) is 135 Å². The Kier molecular flexibility index (Phi) is 37.1. The molecule has 3 radical (unpaired) electrons. The summed E-state index contributed by atoms with van der Waals surface area (Å²) in [6.45, 7) is 52.4. The van der Waals surface area contributed by atoms with Crippen molar-refractivity contribution in [3.63, 3.8) is 0 Å². The van der Waals surface area contributed by atoms with Gasteiger partial charge in [-0.25, -0.2) is 0 Å². The number of benzene rings is 9. The van der Waals surface area contributed by atoms with Crippen LogP contribution in [-0.2, 0) is 85.5 Å². The second kappa shape index (κ2) is 46.0. The Bertz CT molecular complexity index is 6250. The van der Waals surface area contributed by atoms with E-state index in [2.05, 4.69) is 340 Å². The maximum atomic E-state index is 13.4. The van der Waals surface area contributed by atoms with Gasteiger partial charge in [0.25, 0.3) is 0 Å². The largest absolute Gasteiger partial charge is 0.512 e. The van der Waals surface area contributed by atoms with Crippen LogP contribution in [0.3, 0.4) is 0 Å². The minimum atomic E-state index is -1.53. The number of aliphatic hydroxyl groups excluding tert-OH is 3. The molecule has 0 unspecified atom stereocenters. The van der Waals surface area contributed by atoms with Gasteiger partial charge in [-0.2, -0.15) is 0 Å². The molecule has 8 saturated carbocycles. The van der Waals surface area contributed by atoms with Gasteiger partial charge in [0.15, 0.2) is 17.3 Å². The molecule has 3 N–H and O–H groups in total. The summed E-state index contributed by atoms with van der Waals surface area (Å²) < 4.78 is 0. The molecule has 0 atom stereocenters. The summed E-state index contributed by atoms with van der Waals surface area (Å²) in [7, 11) is -4.55. The Balaban J connectivity index is 0.000000176. The fraction of sp³-hybridized carbons (Fsp3) is 0.410. The molecule has 0 saturated heterocycles. The van der Waals surface area contributed by atoms with Crippen molar-refractivity contribution in [1.82, 2.24) is 15.0 Å². The van der Waals surface area contributed by atoms with Crippen LogP contribution < -0.4 is 15.6 Å². The Morgan fingerprint density at radius 2 is 0.759 bits per heavy atom. The molecule has 8 aliphatic rings. The van der Waals surface area contributed by atoms with Crippen LogP contribution in [0.2, 0.25) is 58.9 Å². The van der Waals surface area contributed by atoms with Crippen molar-refractivity contribution in [1.29, 1.82) is 0 Å². The minimum Gasteiger partial charge on any atom is -0.512 e. The van der Waals surface area contributed by atoms with Gasteiger partial charge in [-0.1, -0.05) is 324 Å². The molecule has 12 aromatic rings. The van der Waals surface area contributed by atoms with Crippen LogP contribution in [0.5, 0.6) is 0 Å². The van der Waals surface area contributed by atoms with Gasteiger partial charge in [0.05, 0.1) is 52.3 Å². The molecule has 9 aromatic carbocycles. The normalized spacial score (nSPS) is 19.9. The molecule has 8 aliphatic carbocycles. The standard InChI is InChI=1S/C29H32NSi.C28H30NSi.C26H26NSi.C23H32O2.C9H16O2.C7H12O2.3Ir/c1-20-17-22(19-23(18-20)29(2,3)4)25-14-13-24-26(30-25)15-16-27(31(5,6)7)28(24)21-11-9-8-10-12-21;1-28(2,3)22-14-10-13-21(19-22)24-16-15-23-25(29-24)17-18-26(30(4,5)6)27(23)20-11-8-7-9-12-20;1-18-15-19(2)17-21(16-18)23-12-11-22-24(27-23)13-14-25(28(3,4)5)26(22)20-9-7-6-8-10-20;24-20(22-8-14-1-15(9-22)3-16(2-14)10-22)7-21(25)23-11-17-4-18(12-23)6-19(5-17)13-23;1-6(2)8(10)5-9(11)7(3)4;1-3-6(8)5-7(9)4-2;;;/h8-16,18-19H,1-7H3;7-12,14-19H,1-6H3;6-16H,1-5H3;7,14-19,24H,1-6,8-13H2;5-7,10H,1-4H3;5,8H,3-4H2,1-2H3;;;/q3*-1;;;;;;. The average Bonchev–Trinajstić information content (AvgIpc) is 0.738. The van der Waals surface area contributed by atoms with E-state index in [0.29, 0.717) is 24.4 Å². The van der Waals surface area contributed by atoms with E-state index in [4.69, 9.17) is 20.1 Å².